The van der Waals surface area contributed by atoms with Gasteiger partial charge in [0, 0.05) is 31.3 Å². The van der Waals surface area contributed by atoms with Crippen molar-refractivity contribution in [3.05, 3.63) is 101 Å². The van der Waals surface area contributed by atoms with Crippen LogP contribution in [0, 0.1) is 5.82 Å². The lowest BCUT2D eigenvalue weighted by atomic mass is 9.95. The summed E-state index contributed by atoms with van der Waals surface area (Å²) in [5.74, 6) is -2.63. The number of aliphatic hydroxyl groups excluding tert-OH is 1. The van der Waals surface area contributed by atoms with Gasteiger partial charge in [0.2, 0.25) is 10.0 Å². The van der Waals surface area contributed by atoms with E-state index in [9.17, 15) is 27.5 Å². The normalized spacial score (nSPS) is 17.8. The molecule has 1 aliphatic rings. The molecule has 0 saturated carbocycles. The van der Waals surface area contributed by atoms with Crippen LogP contribution in [0.25, 0.3) is 5.76 Å². The average Bonchev–Trinajstić information content (AvgIpc) is 3.09. The maximum atomic E-state index is 13.6. The summed E-state index contributed by atoms with van der Waals surface area (Å²) in [5.41, 5.74) is 1.17. The molecule has 2 N–H and O–H groups in total. The molecule has 2 aromatic carbocycles. The number of carbonyl (C=O) groups is 2. The maximum absolute atomic E-state index is 13.6. The van der Waals surface area contributed by atoms with Gasteiger partial charge < -0.3 is 10.0 Å². The van der Waals surface area contributed by atoms with E-state index in [0.29, 0.717) is 5.56 Å². The first kappa shape index (κ1) is 24.2. The molecule has 10 heteroatoms. The molecule has 3 aromatic rings. The number of halogens is 1. The second-order valence-corrected chi connectivity index (χ2v) is 10.4. The van der Waals surface area contributed by atoms with Crippen LogP contribution in [0.2, 0.25) is 0 Å². The lowest BCUT2D eigenvalue weighted by molar-refractivity contribution is -0.378. The summed E-state index contributed by atoms with van der Waals surface area (Å²) in [6.45, 7) is 0.0702. The van der Waals surface area contributed by atoms with Gasteiger partial charge in [-0.15, -0.1) is 0 Å². The topological polar surface area (TPSA) is 109 Å². The number of nitrogens with one attached hydrogen (secondary N) is 1. The molecular weight excluding hydrogens is 473 g/mol. The predicted molar refractivity (Wildman–Crippen MR) is 125 cm³/mol. The van der Waals surface area contributed by atoms with Crippen molar-refractivity contribution in [1.29, 1.82) is 0 Å². The molecule has 1 fully saturated rings. The third kappa shape index (κ3) is 4.58. The molecule has 0 bridgehead atoms. The largest absolute Gasteiger partial charge is 0.507 e. The Morgan fingerprint density at radius 2 is 1.71 bits per heavy atom. The Morgan fingerprint density at radius 3 is 2.29 bits per heavy atom. The number of likely N-dealkylation sites (tertiary alicyclic amines) is 1. The summed E-state index contributed by atoms with van der Waals surface area (Å²) in [4.78, 5) is 30.4. The van der Waals surface area contributed by atoms with E-state index in [1.807, 2.05) is 0 Å². The van der Waals surface area contributed by atoms with Crippen LogP contribution < -0.4 is 4.98 Å². The molecule has 1 unspecified atom stereocenters. The van der Waals surface area contributed by atoms with Gasteiger partial charge in [0.1, 0.15) is 11.6 Å². The Bertz CT molecular complexity index is 1400. The zero-order valence-corrected chi connectivity index (χ0v) is 19.8. The zero-order chi connectivity index (χ0) is 25.3. The van der Waals surface area contributed by atoms with E-state index < -0.39 is 39.3 Å². The number of aliphatic hydroxyl groups is 1. The number of aromatic amines is 1. The van der Waals surface area contributed by atoms with Crippen molar-refractivity contribution < 1.29 is 32.5 Å². The summed E-state index contributed by atoms with van der Waals surface area (Å²) < 4.78 is 39.4. The van der Waals surface area contributed by atoms with Crippen LogP contribution in [-0.4, -0.2) is 48.5 Å². The Balaban J connectivity index is 1.82. The second kappa shape index (κ2) is 9.40. The molecule has 1 aromatic heterocycles. The number of nitrogens with zero attached hydrogens (tertiary/aromatic N) is 2. The maximum Gasteiger partial charge on any atom is 0.295 e. The van der Waals surface area contributed by atoms with Crippen LogP contribution >= 0.6 is 0 Å². The predicted octanol–water partition coefficient (Wildman–Crippen LogP) is 2.51. The van der Waals surface area contributed by atoms with Gasteiger partial charge in [-0.2, -0.15) is 0 Å². The highest BCUT2D eigenvalue weighted by molar-refractivity contribution is 7.89. The number of sulfonamides is 1. The molecule has 0 spiro atoms. The van der Waals surface area contributed by atoms with Gasteiger partial charge in [-0.05, 0) is 48.0 Å². The molecule has 1 amide bonds. The van der Waals surface area contributed by atoms with Crippen LogP contribution in [0.15, 0.2) is 83.5 Å². The monoisotopic (exact) mass is 496 g/mol. The summed E-state index contributed by atoms with van der Waals surface area (Å²) in [6.07, 6.45) is 3.39. The summed E-state index contributed by atoms with van der Waals surface area (Å²) in [5, 5.41) is 11.1. The van der Waals surface area contributed by atoms with Crippen LogP contribution in [0.5, 0.6) is 0 Å². The van der Waals surface area contributed by atoms with Gasteiger partial charge in [0.15, 0.2) is 12.4 Å². The number of benzene rings is 2. The summed E-state index contributed by atoms with van der Waals surface area (Å²) in [7, 11) is -0.890. The van der Waals surface area contributed by atoms with Gasteiger partial charge >= 0.3 is 0 Å². The van der Waals surface area contributed by atoms with Crippen molar-refractivity contribution in [1.82, 2.24) is 9.21 Å². The van der Waals surface area contributed by atoms with E-state index >= 15 is 0 Å². The fourth-order valence-electron chi connectivity index (χ4n) is 3.91. The molecule has 4 rings (SSSR count). The van der Waals surface area contributed by atoms with Crippen molar-refractivity contribution >= 4 is 27.5 Å². The molecule has 0 radical (unpaired) electrons. The lowest BCUT2D eigenvalue weighted by Crippen LogP contribution is -2.29. The van der Waals surface area contributed by atoms with Gasteiger partial charge in [-0.3, -0.25) is 9.59 Å². The van der Waals surface area contributed by atoms with Crippen LogP contribution in [0.1, 0.15) is 22.7 Å². The van der Waals surface area contributed by atoms with Gasteiger partial charge in [0.05, 0.1) is 23.1 Å². The Kier molecular flexibility index (Phi) is 6.51. The van der Waals surface area contributed by atoms with E-state index in [1.165, 1.54) is 67.5 Å². The van der Waals surface area contributed by atoms with Crippen molar-refractivity contribution in [3.63, 3.8) is 0 Å². The number of hydrogen-bond donors (Lipinski definition) is 1. The fourth-order valence-corrected chi connectivity index (χ4v) is 4.81. The van der Waals surface area contributed by atoms with Crippen molar-refractivity contribution in [3.8, 4) is 0 Å². The molecule has 1 atom stereocenters. The van der Waals surface area contributed by atoms with Gasteiger partial charge in [0.25, 0.3) is 11.7 Å². The highest BCUT2D eigenvalue weighted by Crippen LogP contribution is 2.40. The van der Waals surface area contributed by atoms with E-state index in [2.05, 4.69) is 4.98 Å². The van der Waals surface area contributed by atoms with Crippen molar-refractivity contribution in [2.75, 3.05) is 14.1 Å². The number of ketones is 1. The number of carbonyl (C=O) groups excluding carboxylic acids is 2. The van der Waals surface area contributed by atoms with Gasteiger partial charge in [-0.25, -0.2) is 22.1 Å². The third-order valence-corrected chi connectivity index (χ3v) is 7.59. The van der Waals surface area contributed by atoms with E-state index in [1.54, 1.807) is 24.5 Å². The van der Waals surface area contributed by atoms with E-state index in [4.69, 9.17) is 0 Å². The Hall–Kier alpha value is -3.89. The van der Waals surface area contributed by atoms with Crippen LogP contribution in [0.3, 0.4) is 0 Å². The number of Topliss-reactive ketones (excluding diaryl/α,β-unsaturated/α-hetero) is 1. The number of hydrogen-bond acceptors (Lipinski definition) is 5. The zero-order valence-electron chi connectivity index (χ0n) is 19.0. The smallest absolute Gasteiger partial charge is 0.295 e. The lowest BCUT2D eigenvalue weighted by Gasteiger charge is -2.25. The van der Waals surface area contributed by atoms with E-state index in [-0.39, 0.29) is 22.6 Å². The summed E-state index contributed by atoms with van der Waals surface area (Å²) >= 11 is 0. The first-order valence-electron chi connectivity index (χ1n) is 10.6. The van der Waals surface area contributed by atoms with Crippen LogP contribution in [-0.2, 0) is 26.2 Å². The summed E-state index contributed by atoms with van der Waals surface area (Å²) in [6, 6.07) is 13.3. The minimum atomic E-state index is -3.69. The standard InChI is InChI=1S/C25H22FN3O5S/c1-28(2)35(33,34)20-11-7-18(8-12-20)23(30)21-22(17-5-9-19(26)10-6-17)29(25(32)24(21)31)15-16-4-3-13-27-14-16/h3-14,22,30H,15H2,1-2H3/p+1. The Labute approximate surface area is 202 Å². The molecule has 180 valence electrons. The minimum Gasteiger partial charge on any atom is -0.507 e. The van der Waals surface area contributed by atoms with Crippen molar-refractivity contribution in [2.45, 2.75) is 17.5 Å². The second-order valence-electron chi connectivity index (χ2n) is 8.20. The minimum absolute atomic E-state index is 0.00918. The fraction of sp³-hybridized carbons (Fsp3) is 0.160. The number of amides is 1. The number of H-pyrrole nitrogens is 1. The SMILES string of the molecule is CN(C)S(=O)(=O)c1ccc(C(O)=C2C(=O)C(=O)N(Cc3ccc[nH+]c3)C2c2ccc(F)cc2)cc1. The molecule has 8 nitrogen and oxygen atoms in total. The molecule has 0 aliphatic carbocycles. The quantitative estimate of drug-likeness (QED) is 0.320. The van der Waals surface area contributed by atoms with Crippen molar-refractivity contribution in [2.24, 2.45) is 0 Å². The first-order valence-corrected chi connectivity index (χ1v) is 12.1. The van der Waals surface area contributed by atoms with Crippen LogP contribution in [0.4, 0.5) is 4.39 Å². The first-order chi connectivity index (χ1) is 16.6. The molecular formula is C25H23FN3O5S+. The Morgan fingerprint density at radius 1 is 1.06 bits per heavy atom. The number of pyridine rings is 1. The molecule has 2 heterocycles. The molecule has 1 aliphatic heterocycles. The van der Waals surface area contributed by atoms with E-state index in [0.717, 1.165) is 9.87 Å². The van der Waals surface area contributed by atoms with Gasteiger partial charge in [-0.1, -0.05) is 12.1 Å². The third-order valence-electron chi connectivity index (χ3n) is 5.76. The number of aromatic nitrogens is 1. The number of rotatable bonds is 6. The highest BCUT2D eigenvalue weighted by atomic mass is 32.2. The molecule has 35 heavy (non-hydrogen) atoms. The average molecular weight is 497 g/mol. The highest BCUT2D eigenvalue weighted by Gasteiger charge is 2.46. The molecule has 1 saturated heterocycles.